The highest BCUT2D eigenvalue weighted by Gasteiger charge is 2.29. The molecule has 11 heteroatoms. The van der Waals surface area contributed by atoms with E-state index in [0.717, 1.165) is 0 Å². The van der Waals surface area contributed by atoms with E-state index in [1.54, 1.807) is 12.3 Å². The van der Waals surface area contributed by atoms with Gasteiger partial charge in [-0.2, -0.15) is 13.2 Å². The smallest absolute Gasteiger partial charge is 0.446 e. The van der Waals surface area contributed by atoms with Gasteiger partial charge in [0.05, 0.1) is 4.92 Å². The first kappa shape index (κ1) is 20.9. The van der Waals surface area contributed by atoms with Crippen LogP contribution < -0.4 is 10.1 Å². The van der Waals surface area contributed by atoms with Gasteiger partial charge in [-0.25, -0.2) is 0 Å². The van der Waals surface area contributed by atoms with E-state index in [1.807, 2.05) is 0 Å². The van der Waals surface area contributed by atoms with Gasteiger partial charge in [-0.15, -0.1) is 11.8 Å². The molecule has 0 aliphatic carbocycles. The van der Waals surface area contributed by atoms with E-state index in [-0.39, 0.29) is 33.8 Å². The lowest BCUT2D eigenvalue weighted by molar-refractivity contribution is -0.386. The van der Waals surface area contributed by atoms with Crippen LogP contribution in [0.2, 0.25) is 0 Å². The summed E-state index contributed by atoms with van der Waals surface area (Å²) in [6.45, 7) is -0.532. The first-order chi connectivity index (χ1) is 12.7. The molecule has 1 N–H and O–H groups in total. The number of alkyl halides is 3. The number of halogens is 3. The molecule has 0 saturated carbocycles. The number of amides is 1. The van der Waals surface area contributed by atoms with Crippen molar-refractivity contribution in [2.45, 2.75) is 15.3 Å². The van der Waals surface area contributed by atoms with E-state index in [2.05, 4.69) is 5.32 Å². The van der Waals surface area contributed by atoms with Crippen molar-refractivity contribution in [3.05, 3.63) is 52.6 Å². The Morgan fingerprint density at radius 1 is 1.22 bits per heavy atom. The first-order valence-electron chi connectivity index (χ1n) is 7.29. The maximum Gasteiger partial charge on any atom is 0.446 e. The quantitative estimate of drug-likeness (QED) is 0.389. The minimum Gasteiger partial charge on any atom is -0.477 e. The van der Waals surface area contributed by atoms with E-state index < -0.39 is 22.9 Å². The number of thioether (sulfide) groups is 2. The predicted molar refractivity (Wildman–Crippen MR) is 97.4 cm³/mol. The number of hydrogen-bond acceptors (Lipinski definition) is 6. The molecule has 0 heterocycles. The zero-order valence-electron chi connectivity index (χ0n) is 13.8. The SMILES string of the molecule is CSc1ccc(OCC(=O)Nc2cccc(SC(F)(F)F)c2)c([N+](=O)[O-])c1. The lowest BCUT2D eigenvalue weighted by Crippen LogP contribution is -2.20. The van der Waals surface area contributed by atoms with Crippen molar-refractivity contribution in [1.82, 2.24) is 0 Å². The normalized spacial score (nSPS) is 11.1. The van der Waals surface area contributed by atoms with Crippen LogP contribution in [-0.2, 0) is 4.79 Å². The van der Waals surface area contributed by atoms with Gasteiger partial charge in [-0.1, -0.05) is 6.07 Å². The lowest BCUT2D eigenvalue weighted by Gasteiger charge is -2.10. The molecule has 0 aliphatic rings. The fourth-order valence-corrected chi connectivity index (χ4v) is 3.03. The Morgan fingerprint density at radius 3 is 2.59 bits per heavy atom. The topological polar surface area (TPSA) is 81.5 Å². The summed E-state index contributed by atoms with van der Waals surface area (Å²) < 4.78 is 42.4. The summed E-state index contributed by atoms with van der Waals surface area (Å²) in [6, 6.07) is 9.56. The molecule has 0 unspecified atom stereocenters. The number of rotatable bonds is 7. The average molecular weight is 418 g/mol. The van der Waals surface area contributed by atoms with Gasteiger partial charge in [0.15, 0.2) is 12.4 Å². The Bertz CT molecular complexity index is 847. The highest BCUT2D eigenvalue weighted by Crippen LogP contribution is 2.37. The second kappa shape index (κ2) is 9.00. The Hall–Kier alpha value is -2.40. The van der Waals surface area contributed by atoms with Crippen LogP contribution in [-0.4, -0.2) is 29.2 Å². The van der Waals surface area contributed by atoms with Crippen molar-refractivity contribution < 1.29 is 27.6 Å². The third-order valence-corrected chi connectivity index (χ3v) is 4.52. The molecule has 1 amide bonds. The fraction of sp³-hybridized carbons (Fsp3) is 0.188. The number of ether oxygens (including phenoxy) is 1. The van der Waals surface area contributed by atoms with E-state index in [4.69, 9.17) is 4.74 Å². The van der Waals surface area contributed by atoms with Gasteiger partial charge in [-0.3, -0.25) is 14.9 Å². The first-order valence-corrected chi connectivity index (χ1v) is 9.33. The number of benzene rings is 2. The molecule has 2 rings (SSSR count). The summed E-state index contributed by atoms with van der Waals surface area (Å²) >= 11 is 1.02. The summed E-state index contributed by atoms with van der Waals surface area (Å²) in [5, 5.41) is 13.5. The molecule has 144 valence electrons. The molecule has 0 aliphatic heterocycles. The molecule has 6 nitrogen and oxygen atoms in total. The summed E-state index contributed by atoms with van der Waals surface area (Å²) in [5.41, 5.74) is -4.56. The number of nitro benzene ring substituents is 1. The summed E-state index contributed by atoms with van der Waals surface area (Å²) in [4.78, 5) is 23.0. The number of hydrogen-bond donors (Lipinski definition) is 1. The second-order valence-electron chi connectivity index (χ2n) is 5.00. The van der Waals surface area contributed by atoms with Crippen LogP contribution >= 0.6 is 23.5 Å². The van der Waals surface area contributed by atoms with Crippen molar-refractivity contribution in [3.63, 3.8) is 0 Å². The molecule has 0 spiro atoms. The Morgan fingerprint density at radius 2 is 1.96 bits per heavy atom. The summed E-state index contributed by atoms with van der Waals surface area (Å²) in [5.74, 6) is -0.735. The zero-order chi connectivity index (χ0) is 20.0. The molecule has 0 bridgehead atoms. The maximum absolute atomic E-state index is 12.4. The van der Waals surface area contributed by atoms with E-state index >= 15 is 0 Å². The minimum atomic E-state index is -4.44. The molecule has 0 aromatic heterocycles. The molecule has 0 fully saturated rings. The molecule has 0 saturated heterocycles. The van der Waals surface area contributed by atoms with Crippen LogP contribution in [0.25, 0.3) is 0 Å². The van der Waals surface area contributed by atoms with Crippen LogP contribution in [0.3, 0.4) is 0 Å². The summed E-state index contributed by atoms with van der Waals surface area (Å²) in [6.07, 6.45) is 1.76. The molecular weight excluding hydrogens is 405 g/mol. The van der Waals surface area contributed by atoms with Gasteiger partial charge < -0.3 is 10.1 Å². The standard InChI is InChI=1S/C16H13F3N2O4S2/c1-26-11-5-6-14(13(8-11)21(23)24)25-9-15(22)20-10-3-2-4-12(7-10)27-16(17,18)19/h2-8H,9H2,1H3,(H,20,22). The maximum atomic E-state index is 12.4. The molecule has 2 aromatic carbocycles. The lowest BCUT2D eigenvalue weighted by atomic mass is 10.3. The number of anilines is 1. The van der Waals surface area contributed by atoms with E-state index in [0.29, 0.717) is 4.90 Å². The van der Waals surface area contributed by atoms with Crippen LogP contribution in [0.15, 0.2) is 52.3 Å². The molecule has 27 heavy (non-hydrogen) atoms. The van der Waals surface area contributed by atoms with Gasteiger partial charge in [0.2, 0.25) is 0 Å². The largest absolute Gasteiger partial charge is 0.477 e. The van der Waals surface area contributed by atoms with Crippen LogP contribution in [0, 0.1) is 10.1 Å². The highest BCUT2D eigenvalue weighted by molar-refractivity contribution is 8.00. The Labute approximate surface area is 160 Å². The molecule has 0 radical (unpaired) electrons. The van der Waals surface area contributed by atoms with Gasteiger partial charge in [-0.05, 0) is 48.3 Å². The Balaban J connectivity index is 2.01. The van der Waals surface area contributed by atoms with Crippen LogP contribution in [0.5, 0.6) is 5.75 Å². The molecular formula is C16H13F3N2O4S2. The monoisotopic (exact) mass is 418 g/mol. The molecule has 2 aromatic rings. The number of nitro groups is 1. The number of carbonyl (C=O) groups is 1. The van der Waals surface area contributed by atoms with E-state index in [9.17, 15) is 28.1 Å². The molecule has 0 atom stereocenters. The van der Waals surface area contributed by atoms with Crippen molar-refractivity contribution in [3.8, 4) is 5.75 Å². The fourth-order valence-electron chi connectivity index (χ4n) is 2.00. The second-order valence-corrected chi connectivity index (χ2v) is 7.02. The van der Waals surface area contributed by atoms with Crippen molar-refractivity contribution in [1.29, 1.82) is 0 Å². The summed E-state index contributed by atoms with van der Waals surface area (Å²) in [7, 11) is 0. The van der Waals surface area contributed by atoms with E-state index in [1.165, 1.54) is 48.2 Å². The highest BCUT2D eigenvalue weighted by atomic mass is 32.2. The zero-order valence-corrected chi connectivity index (χ0v) is 15.4. The predicted octanol–water partition coefficient (Wildman–Crippen LogP) is 4.95. The van der Waals surface area contributed by atoms with Crippen LogP contribution in [0.4, 0.5) is 24.5 Å². The van der Waals surface area contributed by atoms with Gasteiger partial charge >= 0.3 is 11.2 Å². The van der Waals surface area contributed by atoms with Crippen LogP contribution in [0.1, 0.15) is 0 Å². The minimum absolute atomic E-state index is 0.0747. The van der Waals surface area contributed by atoms with Crippen molar-refractivity contribution >= 4 is 40.8 Å². The third kappa shape index (κ3) is 6.68. The van der Waals surface area contributed by atoms with Crippen molar-refractivity contribution in [2.24, 2.45) is 0 Å². The third-order valence-electron chi connectivity index (χ3n) is 3.07. The van der Waals surface area contributed by atoms with Crippen molar-refractivity contribution in [2.75, 3.05) is 18.2 Å². The number of nitrogens with one attached hydrogen (secondary N) is 1. The Kier molecular flexibility index (Phi) is 6.97. The number of carbonyl (C=O) groups excluding carboxylic acids is 1. The number of nitrogens with zero attached hydrogens (tertiary/aromatic N) is 1. The average Bonchev–Trinajstić information content (AvgIpc) is 2.58. The van der Waals surface area contributed by atoms with Gasteiger partial charge in [0.25, 0.3) is 5.91 Å². The van der Waals surface area contributed by atoms with Gasteiger partial charge in [0.1, 0.15) is 0 Å². The van der Waals surface area contributed by atoms with Gasteiger partial charge in [0, 0.05) is 21.5 Å².